The van der Waals surface area contributed by atoms with Crippen molar-refractivity contribution in [1.82, 2.24) is 20.3 Å². The Bertz CT molecular complexity index is 1130. The topological polar surface area (TPSA) is 115 Å². The quantitative estimate of drug-likeness (QED) is 0.427. The third-order valence-electron chi connectivity index (χ3n) is 5.08. The molecule has 2 heterocycles. The molecule has 3 rings (SSSR count). The van der Waals surface area contributed by atoms with Crippen LogP contribution in [0, 0.1) is 11.7 Å². The number of nitrogens with one attached hydrogen (secondary N) is 2. The number of aromatic nitrogens is 3. The summed E-state index contributed by atoms with van der Waals surface area (Å²) in [7, 11) is 1.46. The van der Waals surface area contributed by atoms with Gasteiger partial charge in [0.25, 0.3) is 5.91 Å². The van der Waals surface area contributed by atoms with Gasteiger partial charge in [0.15, 0.2) is 17.4 Å². The van der Waals surface area contributed by atoms with Crippen molar-refractivity contribution >= 4 is 29.0 Å². The predicted molar refractivity (Wildman–Crippen MR) is 126 cm³/mol. The molecule has 10 heteroatoms. The maximum Gasteiger partial charge on any atom is 0.254 e. The Labute approximate surface area is 196 Å². The van der Waals surface area contributed by atoms with Crippen LogP contribution in [0.2, 0.25) is 5.02 Å². The second kappa shape index (κ2) is 11.0. The number of nitrogens with zero attached hydrogens (tertiary/aromatic N) is 3. The van der Waals surface area contributed by atoms with E-state index in [0.29, 0.717) is 40.9 Å². The van der Waals surface area contributed by atoms with E-state index in [1.807, 2.05) is 13.8 Å². The number of carbonyl (C=O) groups excluding carboxylic acids is 1. The Balaban J connectivity index is 1.86. The van der Waals surface area contributed by atoms with Crippen LogP contribution >= 0.6 is 11.6 Å². The van der Waals surface area contributed by atoms with E-state index in [0.717, 1.165) is 0 Å². The summed E-state index contributed by atoms with van der Waals surface area (Å²) in [5, 5.41) is 6.29. The minimum Gasteiger partial charge on any atom is -0.491 e. The summed E-state index contributed by atoms with van der Waals surface area (Å²) in [5.41, 5.74) is 6.95. The van der Waals surface area contributed by atoms with Crippen LogP contribution in [-0.2, 0) is 0 Å². The van der Waals surface area contributed by atoms with E-state index in [2.05, 4.69) is 25.6 Å². The summed E-state index contributed by atoms with van der Waals surface area (Å²) in [4.78, 5) is 25.4. The van der Waals surface area contributed by atoms with Gasteiger partial charge in [0.2, 0.25) is 0 Å². The van der Waals surface area contributed by atoms with E-state index in [-0.39, 0.29) is 29.2 Å². The van der Waals surface area contributed by atoms with Crippen molar-refractivity contribution < 1.29 is 13.9 Å². The van der Waals surface area contributed by atoms with Gasteiger partial charge in [0, 0.05) is 30.0 Å². The first-order valence-electron chi connectivity index (χ1n) is 10.4. The summed E-state index contributed by atoms with van der Waals surface area (Å²) in [6, 6.07) is 5.76. The number of rotatable bonds is 9. The lowest BCUT2D eigenvalue weighted by molar-refractivity contribution is 0.0952. The van der Waals surface area contributed by atoms with Gasteiger partial charge in [0.1, 0.15) is 5.82 Å². The number of amides is 1. The molecule has 0 saturated heterocycles. The van der Waals surface area contributed by atoms with Gasteiger partial charge in [0.05, 0.1) is 30.1 Å². The number of hydrogen-bond acceptors (Lipinski definition) is 7. The molecule has 1 atom stereocenters. The van der Waals surface area contributed by atoms with Crippen LogP contribution in [0.4, 0.5) is 15.9 Å². The van der Waals surface area contributed by atoms with E-state index in [9.17, 15) is 9.18 Å². The zero-order valence-corrected chi connectivity index (χ0v) is 19.4. The lowest BCUT2D eigenvalue weighted by atomic mass is 10.0. The van der Waals surface area contributed by atoms with Crippen molar-refractivity contribution in [2.75, 3.05) is 19.0 Å². The molecule has 0 radical (unpaired) electrons. The number of nitrogens with two attached hydrogens (primary N) is 1. The third-order valence-corrected chi connectivity index (χ3v) is 5.32. The highest BCUT2D eigenvalue weighted by Crippen LogP contribution is 2.30. The monoisotopic (exact) mass is 472 g/mol. The number of carbonyl (C=O) groups is 1. The molecular formula is C23H26ClFN6O2. The summed E-state index contributed by atoms with van der Waals surface area (Å²) < 4.78 is 19.7. The van der Waals surface area contributed by atoms with Crippen molar-refractivity contribution in [3.05, 3.63) is 59.3 Å². The smallest absolute Gasteiger partial charge is 0.254 e. The molecule has 0 fully saturated rings. The molecule has 8 nitrogen and oxygen atoms in total. The molecule has 0 spiro atoms. The number of methoxy groups -OCH3 is 1. The lowest BCUT2D eigenvalue weighted by Gasteiger charge is -2.17. The van der Waals surface area contributed by atoms with E-state index >= 15 is 0 Å². The Morgan fingerprint density at radius 3 is 2.79 bits per heavy atom. The van der Waals surface area contributed by atoms with Gasteiger partial charge < -0.3 is 21.1 Å². The molecule has 174 valence electrons. The van der Waals surface area contributed by atoms with Crippen LogP contribution in [0.5, 0.6) is 5.75 Å². The molecule has 33 heavy (non-hydrogen) atoms. The second-order valence-electron chi connectivity index (χ2n) is 7.73. The standard InChI is InChI=1S/C23H26ClFN6O2/c1-13(2)18(26)6-9-28-23(32)16-11-27-8-7-19(16)30-22-20(33-3)12-29-21(31-22)15-10-14(24)4-5-17(15)25/h4-5,7-8,10-13,18H,6,9,26H2,1-3H3,(H,28,32)(H,27,29,30,31). The average Bonchev–Trinajstić information content (AvgIpc) is 2.80. The van der Waals surface area contributed by atoms with Crippen molar-refractivity contribution in [1.29, 1.82) is 0 Å². The van der Waals surface area contributed by atoms with Gasteiger partial charge in [-0.1, -0.05) is 25.4 Å². The van der Waals surface area contributed by atoms with Crippen molar-refractivity contribution in [2.45, 2.75) is 26.3 Å². The minimum atomic E-state index is -0.515. The van der Waals surface area contributed by atoms with Crippen LogP contribution in [0.15, 0.2) is 42.9 Å². The molecule has 1 aromatic carbocycles. The highest BCUT2D eigenvalue weighted by Gasteiger charge is 2.17. The minimum absolute atomic E-state index is 0.00706. The number of pyridine rings is 1. The van der Waals surface area contributed by atoms with Crippen LogP contribution in [0.1, 0.15) is 30.6 Å². The first-order chi connectivity index (χ1) is 15.8. The Morgan fingerprint density at radius 2 is 2.06 bits per heavy atom. The average molecular weight is 473 g/mol. The lowest BCUT2D eigenvalue weighted by Crippen LogP contribution is -2.33. The highest BCUT2D eigenvalue weighted by molar-refractivity contribution is 6.30. The number of anilines is 2. The molecule has 4 N–H and O–H groups in total. The highest BCUT2D eigenvalue weighted by atomic mass is 35.5. The fraction of sp³-hybridized carbons (Fsp3) is 0.304. The molecule has 2 aromatic heterocycles. The molecule has 0 aliphatic carbocycles. The molecule has 0 saturated carbocycles. The van der Waals surface area contributed by atoms with E-state index in [4.69, 9.17) is 22.1 Å². The zero-order valence-electron chi connectivity index (χ0n) is 18.6. The molecule has 3 aromatic rings. The molecule has 1 unspecified atom stereocenters. The molecule has 1 amide bonds. The fourth-order valence-corrected chi connectivity index (χ4v) is 3.17. The van der Waals surface area contributed by atoms with Crippen molar-refractivity contribution in [3.63, 3.8) is 0 Å². The Hall–Kier alpha value is -3.30. The van der Waals surface area contributed by atoms with Gasteiger partial charge in [-0.05, 0) is 36.6 Å². The normalized spacial score (nSPS) is 11.8. The predicted octanol–water partition coefficient (Wildman–Crippen LogP) is 4.19. The summed E-state index contributed by atoms with van der Waals surface area (Å²) in [6.07, 6.45) is 5.06. The first-order valence-corrected chi connectivity index (χ1v) is 10.8. The fourth-order valence-electron chi connectivity index (χ4n) is 3.00. The van der Waals surface area contributed by atoms with Gasteiger partial charge in [-0.15, -0.1) is 0 Å². The van der Waals surface area contributed by atoms with Crippen LogP contribution in [0.3, 0.4) is 0 Å². The summed E-state index contributed by atoms with van der Waals surface area (Å²) >= 11 is 6.01. The largest absolute Gasteiger partial charge is 0.491 e. The molecular weight excluding hydrogens is 447 g/mol. The van der Waals surface area contributed by atoms with Gasteiger partial charge in [-0.2, -0.15) is 0 Å². The van der Waals surface area contributed by atoms with Crippen molar-refractivity contribution in [2.24, 2.45) is 11.7 Å². The SMILES string of the molecule is COc1cnc(-c2cc(Cl)ccc2F)nc1Nc1ccncc1C(=O)NCCC(N)C(C)C. The van der Waals surface area contributed by atoms with Gasteiger partial charge in [-0.3, -0.25) is 9.78 Å². The molecule has 0 aliphatic rings. The number of halogens is 2. The maximum absolute atomic E-state index is 14.3. The van der Waals surface area contributed by atoms with Crippen LogP contribution in [0.25, 0.3) is 11.4 Å². The van der Waals surface area contributed by atoms with E-state index in [1.165, 1.54) is 37.7 Å². The third kappa shape index (κ3) is 6.15. The van der Waals surface area contributed by atoms with Gasteiger partial charge in [-0.25, -0.2) is 14.4 Å². The number of ether oxygens (including phenoxy) is 1. The maximum atomic E-state index is 14.3. The van der Waals surface area contributed by atoms with Crippen molar-refractivity contribution in [3.8, 4) is 17.1 Å². The number of hydrogen-bond donors (Lipinski definition) is 3. The van der Waals surface area contributed by atoms with Crippen LogP contribution in [-0.4, -0.2) is 40.6 Å². The Morgan fingerprint density at radius 1 is 1.27 bits per heavy atom. The molecule has 0 aliphatic heterocycles. The first kappa shape index (κ1) is 24.3. The number of benzene rings is 1. The van der Waals surface area contributed by atoms with Crippen LogP contribution < -0.4 is 21.1 Å². The zero-order chi connectivity index (χ0) is 24.0. The summed E-state index contributed by atoms with van der Waals surface area (Å²) in [6.45, 7) is 4.50. The summed E-state index contributed by atoms with van der Waals surface area (Å²) in [5.74, 6) is 0.174. The molecule has 0 bridgehead atoms. The Kier molecular flexibility index (Phi) is 8.13. The van der Waals surface area contributed by atoms with E-state index in [1.54, 1.807) is 12.3 Å². The van der Waals surface area contributed by atoms with E-state index < -0.39 is 5.82 Å². The van der Waals surface area contributed by atoms with Gasteiger partial charge >= 0.3 is 0 Å². The second-order valence-corrected chi connectivity index (χ2v) is 8.17.